The van der Waals surface area contributed by atoms with Crippen LogP contribution in [0.1, 0.15) is 25.7 Å². The minimum absolute atomic E-state index is 0.320. The number of carbonyl (C=O) groups is 1. The van der Waals surface area contributed by atoms with Crippen molar-refractivity contribution in [2.75, 3.05) is 19.9 Å². The molecule has 12 heavy (non-hydrogen) atoms. The highest BCUT2D eigenvalue weighted by Crippen LogP contribution is 2.28. The molecule has 68 valence electrons. The first-order valence-corrected chi connectivity index (χ1v) is 4.74. The Morgan fingerprint density at radius 2 is 2.17 bits per heavy atom. The van der Waals surface area contributed by atoms with E-state index in [9.17, 15) is 4.79 Å². The molecule has 1 heterocycles. The van der Waals surface area contributed by atoms with Crippen molar-refractivity contribution in [2.45, 2.75) is 25.7 Å². The monoisotopic (exact) mass is 169 g/mol. The molecule has 0 aromatic rings. The Balaban J connectivity index is 1.84. The largest absolute Gasteiger partial charge is 0.361 e. The van der Waals surface area contributed by atoms with Crippen molar-refractivity contribution < 1.29 is 9.53 Å². The second kappa shape index (κ2) is 3.44. The highest BCUT2D eigenvalue weighted by molar-refractivity contribution is 5.79. The van der Waals surface area contributed by atoms with Gasteiger partial charge < -0.3 is 9.64 Å². The summed E-state index contributed by atoms with van der Waals surface area (Å²) in [5.41, 5.74) is 0. The van der Waals surface area contributed by atoms with E-state index in [1.165, 1.54) is 6.42 Å². The van der Waals surface area contributed by atoms with Crippen LogP contribution in [0.4, 0.5) is 0 Å². The average molecular weight is 169 g/mol. The molecular weight excluding hydrogens is 154 g/mol. The Kier molecular flexibility index (Phi) is 2.30. The van der Waals surface area contributed by atoms with Crippen LogP contribution < -0.4 is 0 Å². The van der Waals surface area contributed by atoms with Crippen LogP contribution in [0.2, 0.25) is 0 Å². The Labute approximate surface area is 72.7 Å². The number of nitrogens with zero attached hydrogens (tertiary/aromatic N) is 1. The lowest BCUT2D eigenvalue weighted by Gasteiger charge is -2.33. The number of ether oxygens (including phenoxy) is 1. The van der Waals surface area contributed by atoms with Crippen molar-refractivity contribution in [1.82, 2.24) is 4.90 Å². The standard InChI is InChI=1S/C9H15NO2/c11-9(8-3-1-4-8)10-5-2-6-12-7-10/h8H,1-7H2. The molecule has 0 bridgehead atoms. The van der Waals surface area contributed by atoms with Crippen LogP contribution in [-0.4, -0.2) is 30.7 Å². The van der Waals surface area contributed by atoms with E-state index in [0.29, 0.717) is 18.6 Å². The molecule has 2 fully saturated rings. The van der Waals surface area contributed by atoms with Crippen molar-refractivity contribution >= 4 is 5.91 Å². The van der Waals surface area contributed by atoms with E-state index in [0.717, 1.165) is 32.4 Å². The van der Waals surface area contributed by atoms with Gasteiger partial charge in [0.25, 0.3) is 0 Å². The van der Waals surface area contributed by atoms with E-state index in [1.807, 2.05) is 4.90 Å². The zero-order valence-corrected chi connectivity index (χ0v) is 7.29. The second-order valence-corrected chi connectivity index (χ2v) is 3.62. The van der Waals surface area contributed by atoms with Crippen molar-refractivity contribution in [2.24, 2.45) is 5.92 Å². The molecule has 1 saturated carbocycles. The molecule has 0 N–H and O–H groups in total. The van der Waals surface area contributed by atoms with Crippen molar-refractivity contribution in [3.63, 3.8) is 0 Å². The van der Waals surface area contributed by atoms with Crippen molar-refractivity contribution in [1.29, 1.82) is 0 Å². The van der Waals surface area contributed by atoms with Gasteiger partial charge in [-0.3, -0.25) is 4.79 Å². The average Bonchev–Trinajstić information content (AvgIpc) is 2.03. The molecule has 0 atom stereocenters. The molecule has 1 amide bonds. The normalized spacial score (nSPS) is 25.2. The molecule has 3 nitrogen and oxygen atoms in total. The number of amides is 1. The summed E-state index contributed by atoms with van der Waals surface area (Å²) in [6.07, 6.45) is 4.41. The first-order chi connectivity index (χ1) is 5.88. The van der Waals surface area contributed by atoms with Gasteiger partial charge in [-0.2, -0.15) is 0 Å². The lowest BCUT2D eigenvalue weighted by Crippen LogP contribution is -2.43. The Hall–Kier alpha value is -0.570. The highest BCUT2D eigenvalue weighted by atomic mass is 16.5. The molecule has 0 spiro atoms. The number of hydrogen-bond acceptors (Lipinski definition) is 2. The fourth-order valence-corrected chi connectivity index (χ4v) is 1.68. The van der Waals surface area contributed by atoms with Gasteiger partial charge in [-0.15, -0.1) is 0 Å². The molecule has 0 aromatic carbocycles. The lowest BCUT2D eigenvalue weighted by molar-refractivity contribution is -0.147. The van der Waals surface area contributed by atoms with E-state index in [4.69, 9.17) is 4.74 Å². The van der Waals surface area contributed by atoms with E-state index in [2.05, 4.69) is 0 Å². The Morgan fingerprint density at radius 1 is 1.33 bits per heavy atom. The minimum Gasteiger partial charge on any atom is -0.361 e. The smallest absolute Gasteiger partial charge is 0.227 e. The van der Waals surface area contributed by atoms with Gasteiger partial charge in [0.2, 0.25) is 5.91 Å². The first-order valence-electron chi connectivity index (χ1n) is 4.74. The maximum absolute atomic E-state index is 11.6. The van der Waals surface area contributed by atoms with Gasteiger partial charge in [-0.1, -0.05) is 6.42 Å². The van der Waals surface area contributed by atoms with Crippen LogP contribution in [0.5, 0.6) is 0 Å². The van der Waals surface area contributed by atoms with Gasteiger partial charge in [0.05, 0.1) is 6.61 Å². The molecule has 2 rings (SSSR count). The molecule has 1 aliphatic heterocycles. The van der Waals surface area contributed by atoms with E-state index in [1.54, 1.807) is 0 Å². The predicted octanol–water partition coefficient (Wildman–Crippen LogP) is 0.993. The quantitative estimate of drug-likeness (QED) is 0.586. The fourth-order valence-electron chi connectivity index (χ4n) is 1.68. The number of hydrogen-bond donors (Lipinski definition) is 0. The number of carbonyl (C=O) groups excluding carboxylic acids is 1. The lowest BCUT2D eigenvalue weighted by atomic mass is 9.84. The van der Waals surface area contributed by atoms with E-state index >= 15 is 0 Å². The third-order valence-corrected chi connectivity index (χ3v) is 2.73. The summed E-state index contributed by atoms with van der Waals surface area (Å²) in [6.45, 7) is 2.24. The molecular formula is C9H15NO2. The third kappa shape index (κ3) is 1.46. The maximum Gasteiger partial charge on any atom is 0.227 e. The molecule has 3 heteroatoms. The number of rotatable bonds is 1. The van der Waals surface area contributed by atoms with Gasteiger partial charge in [0.15, 0.2) is 0 Å². The topological polar surface area (TPSA) is 29.5 Å². The van der Waals surface area contributed by atoms with Gasteiger partial charge in [-0.05, 0) is 19.3 Å². The summed E-state index contributed by atoms with van der Waals surface area (Å²) in [5, 5.41) is 0. The first kappa shape index (κ1) is 8.05. The van der Waals surface area contributed by atoms with Crippen LogP contribution in [0.3, 0.4) is 0 Å². The van der Waals surface area contributed by atoms with Crippen LogP contribution >= 0.6 is 0 Å². The second-order valence-electron chi connectivity index (χ2n) is 3.62. The zero-order chi connectivity index (χ0) is 8.39. The van der Waals surface area contributed by atoms with Gasteiger partial charge in [-0.25, -0.2) is 0 Å². The molecule has 1 aliphatic carbocycles. The Bertz CT molecular complexity index is 171. The van der Waals surface area contributed by atoms with Crippen LogP contribution in [0.15, 0.2) is 0 Å². The molecule has 2 aliphatic rings. The summed E-state index contributed by atoms with van der Waals surface area (Å²) < 4.78 is 5.23. The van der Waals surface area contributed by atoms with Crippen molar-refractivity contribution in [3.8, 4) is 0 Å². The summed E-state index contributed by atoms with van der Waals surface area (Å²) in [4.78, 5) is 13.5. The highest BCUT2D eigenvalue weighted by Gasteiger charge is 2.29. The van der Waals surface area contributed by atoms with E-state index < -0.39 is 0 Å². The fraction of sp³-hybridized carbons (Fsp3) is 0.889. The Morgan fingerprint density at radius 3 is 2.67 bits per heavy atom. The molecule has 0 unspecified atom stereocenters. The molecule has 0 aromatic heterocycles. The molecule has 1 saturated heterocycles. The maximum atomic E-state index is 11.6. The summed E-state index contributed by atoms with van der Waals surface area (Å²) >= 11 is 0. The van der Waals surface area contributed by atoms with Crippen molar-refractivity contribution in [3.05, 3.63) is 0 Å². The van der Waals surface area contributed by atoms with Crippen LogP contribution in [-0.2, 0) is 9.53 Å². The predicted molar refractivity (Wildman–Crippen MR) is 44.5 cm³/mol. The minimum atomic E-state index is 0.320. The summed E-state index contributed by atoms with van der Waals surface area (Å²) in [5.74, 6) is 0.646. The summed E-state index contributed by atoms with van der Waals surface area (Å²) in [7, 11) is 0. The summed E-state index contributed by atoms with van der Waals surface area (Å²) in [6, 6.07) is 0. The van der Waals surface area contributed by atoms with Gasteiger partial charge in [0.1, 0.15) is 6.73 Å². The van der Waals surface area contributed by atoms with E-state index in [-0.39, 0.29) is 0 Å². The molecule has 0 radical (unpaired) electrons. The third-order valence-electron chi connectivity index (χ3n) is 2.73. The van der Waals surface area contributed by atoms with Gasteiger partial charge in [0, 0.05) is 12.5 Å². The zero-order valence-electron chi connectivity index (χ0n) is 7.29. The van der Waals surface area contributed by atoms with Crippen LogP contribution in [0, 0.1) is 5.92 Å². The van der Waals surface area contributed by atoms with Crippen LogP contribution in [0.25, 0.3) is 0 Å². The SMILES string of the molecule is O=C(C1CCC1)N1CCCOC1. The van der Waals surface area contributed by atoms with Gasteiger partial charge >= 0.3 is 0 Å².